The second kappa shape index (κ2) is 3.42. The van der Waals surface area contributed by atoms with Crippen molar-refractivity contribution in [2.24, 2.45) is 11.7 Å². The highest BCUT2D eigenvalue weighted by Crippen LogP contribution is 2.20. The molecule has 0 radical (unpaired) electrons. The zero-order chi connectivity index (χ0) is 8.27. The minimum Gasteiger partial charge on any atom is -0.404 e. The fourth-order valence-corrected chi connectivity index (χ4v) is 1.20. The average Bonchev–Trinajstić information content (AvgIpc) is 2.03. The third kappa shape index (κ3) is 1.97. The third-order valence-electron chi connectivity index (χ3n) is 1.97. The Morgan fingerprint density at radius 3 is 3.00 bits per heavy atom. The molecule has 1 rings (SSSR count). The summed E-state index contributed by atoms with van der Waals surface area (Å²) in [6.07, 6.45) is 9.42. The predicted molar refractivity (Wildman–Crippen MR) is 48.9 cm³/mol. The highest BCUT2D eigenvalue weighted by Gasteiger charge is 2.04. The minimum atomic E-state index is 0.657. The topological polar surface area (TPSA) is 26.0 Å². The molecule has 0 saturated heterocycles. The second-order valence-corrected chi connectivity index (χ2v) is 3.09. The number of allylic oxidation sites excluding steroid dienone is 5. The van der Waals surface area contributed by atoms with Gasteiger partial charge in [0.25, 0.3) is 0 Å². The molecule has 0 fully saturated rings. The molecule has 0 aromatic rings. The van der Waals surface area contributed by atoms with Crippen molar-refractivity contribution in [3.8, 4) is 0 Å². The van der Waals surface area contributed by atoms with Crippen molar-refractivity contribution in [3.05, 3.63) is 35.6 Å². The van der Waals surface area contributed by atoms with Gasteiger partial charge in [-0.25, -0.2) is 0 Å². The molecule has 11 heavy (non-hydrogen) atoms. The Bertz CT molecular complexity index is 221. The van der Waals surface area contributed by atoms with Gasteiger partial charge >= 0.3 is 0 Å². The van der Waals surface area contributed by atoms with Crippen molar-refractivity contribution in [2.75, 3.05) is 0 Å². The fourth-order valence-electron chi connectivity index (χ4n) is 1.20. The Kier molecular flexibility index (Phi) is 2.53. The number of rotatable bonds is 1. The lowest BCUT2D eigenvalue weighted by atomic mass is 9.95. The molecule has 0 aliphatic heterocycles. The highest BCUT2D eigenvalue weighted by molar-refractivity contribution is 5.40. The zero-order valence-corrected chi connectivity index (χ0v) is 7.17. The summed E-state index contributed by atoms with van der Waals surface area (Å²) in [5.74, 6) is 0.657. The van der Waals surface area contributed by atoms with Gasteiger partial charge in [0.2, 0.25) is 0 Å². The van der Waals surface area contributed by atoms with Crippen LogP contribution in [-0.2, 0) is 0 Å². The molecule has 1 aliphatic carbocycles. The van der Waals surface area contributed by atoms with Crippen molar-refractivity contribution in [1.29, 1.82) is 0 Å². The molecular formula is C10H15N. The Balaban J connectivity index is 2.79. The zero-order valence-electron chi connectivity index (χ0n) is 7.17. The molecule has 60 valence electrons. The van der Waals surface area contributed by atoms with E-state index in [0.717, 1.165) is 12.0 Å². The first-order chi connectivity index (χ1) is 5.24. The van der Waals surface area contributed by atoms with E-state index in [-0.39, 0.29) is 0 Å². The molecule has 0 saturated carbocycles. The van der Waals surface area contributed by atoms with Gasteiger partial charge < -0.3 is 5.73 Å². The molecule has 0 unspecified atom stereocenters. The average molecular weight is 149 g/mol. The summed E-state index contributed by atoms with van der Waals surface area (Å²) < 4.78 is 0. The summed E-state index contributed by atoms with van der Waals surface area (Å²) in [7, 11) is 0. The van der Waals surface area contributed by atoms with Crippen LogP contribution in [0.4, 0.5) is 0 Å². The molecule has 0 bridgehead atoms. The van der Waals surface area contributed by atoms with Crippen LogP contribution >= 0.6 is 0 Å². The molecule has 1 nitrogen and oxygen atoms in total. The van der Waals surface area contributed by atoms with E-state index in [1.807, 2.05) is 6.92 Å². The lowest BCUT2D eigenvalue weighted by Gasteiger charge is -2.11. The molecule has 0 spiro atoms. The van der Waals surface area contributed by atoms with Crippen LogP contribution in [0.3, 0.4) is 0 Å². The molecule has 0 amide bonds. The Morgan fingerprint density at radius 2 is 2.45 bits per heavy atom. The van der Waals surface area contributed by atoms with Gasteiger partial charge in [0.05, 0.1) is 0 Å². The Hall–Kier alpha value is -0.980. The monoisotopic (exact) mass is 149 g/mol. The van der Waals surface area contributed by atoms with Crippen LogP contribution in [0.15, 0.2) is 35.6 Å². The molecular weight excluding hydrogens is 134 g/mol. The first-order valence-corrected chi connectivity index (χ1v) is 4.01. The first-order valence-electron chi connectivity index (χ1n) is 4.01. The summed E-state index contributed by atoms with van der Waals surface area (Å²) in [4.78, 5) is 0. The van der Waals surface area contributed by atoms with E-state index in [1.54, 1.807) is 6.20 Å². The van der Waals surface area contributed by atoms with Crippen LogP contribution in [0.1, 0.15) is 20.3 Å². The van der Waals surface area contributed by atoms with Crippen LogP contribution in [0.2, 0.25) is 0 Å². The SMILES string of the molecule is C/C(=C\N)C1=C[C@@H](C)CC=C1. The van der Waals surface area contributed by atoms with Gasteiger partial charge in [-0.2, -0.15) is 0 Å². The van der Waals surface area contributed by atoms with Crippen molar-refractivity contribution >= 4 is 0 Å². The van der Waals surface area contributed by atoms with E-state index in [4.69, 9.17) is 5.73 Å². The standard InChI is InChI=1S/C10H15N/c1-8-4-3-5-10(6-8)9(2)7-11/h3,5-8H,4,11H2,1-2H3/b9-7+/t8-/m0/s1. The van der Waals surface area contributed by atoms with Crippen LogP contribution in [0, 0.1) is 5.92 Å². The quantitative estimate of drug-likeness (QED) is 0.608. The highest BCUT2D eigenvalue weighted by atomic mass is 14.5. The van der Waals surface area contributed by atoms with Gasteiger partial charge in [-0.3, -0.25) is 0 Å². The molecule has 2 N–H and O–H groups in total. The van der Waals surface area contributed by atoms with Gasteiger partial charge in [0.1, 0.15) is 0 Å². The van der Waals surface area contributed by atoms with Gasteiger partial charge in [0, 0.05) is 0 Å². The summed E-state index contributed by atoms with van der Waals surface area (Å²) in [5.41, 5.74) is 7.84. The summed E-state index contributed by atoms with van der Waals surface area (Å²) in [5, 5.41) is 0. The van der Waals surface area contributed by atoms with Gasteiger partial charge in [-0.05, 0) is 36.6 Å². The minimum absolute atomic E-state index is 0.657. The van der Waals surface area contributed by atoms with E-state index < -0.39 is 0 Å². The van der Waals surface area contributed by atoms with E-state index in [2.05, 4.69) is 25.2 Å². The molecule has 0 aromatic carbocycles. The van der Waals surface area contributed by atoms with E-state index in [9.17, 15) is 0 Å². The third-order valence-corrected chi connectivity index (χ3v) is 1.97. The molecule has 0 aromatic heterocycles. The maximum absolute atomic E-state index is 5.41. The maximum Gasteiger partial charge on any atom is -0.00266 e. The number of nitrogens with two attached hydrogens (primary N) is 1. The lowest BCUT2D eigenvalue weighted by Crippen LogP contribution is -1.97. The molecule has 0 heterocycles. The Labute approximate surface area is 68.3 Å². The van der Waals surface area contributed by atoms with Crippen LogP contribution in [0.25, 0.3) is 0 Å². The molecule has 1 heteroatoms. The van der Waals surface area contributed by atoms with Crippen LogP contribution < -0.4 is 5.73 Å². The largest absolute Gasteiger partial charge is 0.404 e. The van der Waals surface area contributed by atoms with Crippen molar-refractivity contribution in [1.82, 2.24) is 0 Å². The van der Waals surface area contributed by atoms with Crippen molar-refractivity contribution < 1.29 is 0 Å². The summed E-state index contributed by atoms with van der Waals surface area (Å²) in [6.45, 7) is 4.25. The van der Waals surface area contributed by atoms with Gasteiger partial charge in [-0.1, -0.05) is 25.2 Å². The second-order valence-electron chi connectivity index (χ2n) is 3.09. The summed E-state index contributed by atoms with van der Waals surface area (Å²) in [6, 6.07) is 0. The van der Waals surface area contributed by atoms with Crippen LogP contribution in [0.5, 0.6) is 0 Å². The maximum atomic E-state index is 5.41. The van der Waals surface area contributed by atoms with Gasteiger partial charge in [0.15, 0.2) is 0 Å². The van der Waals surface area contributed by atoms with Crippen molar-refractivity contribution in [3.63, 3.8) is 0 Å². The molecule has 1 atom stereocenters. The Morgan fingerprint density at radius 1 is 1.73 bits per heavy atom. The van der Waals surface area contributed by atoms with Crippen LogP contribution in [-0.4, -0.2) is 0 Å². The van der Waals surface area contributed by atoms with Gasteiger partial charge in [-0.15, -0.1) is 0 Å². The molecule has 1 aliphatic rings. The predicted octanol–water partition coefficient (Wildman–Crippen LogP) is 2.37. The first kappa shape index (κ1) is 8.12. The summed E-state index contributed by atoms with van der Waals surface area (Å²) >= 11 is 0. The normalized spacial score (nSPS) is 25.1. The van der Waals surface area contributed by atoms with E-state index in [1.165, 1.54) is 5.57 Å². The van der Waals surface area contributed by atoms with Crippen molar-refractivity contribution in [2.45, 2.75) is 20.3 Å². The smallest absolute Gasteiger partial charge is 0.00266 e. The fraction of sp³-hybridized carbons (Fsp3) is 0.400. The lowest BCUT2D eigenvalue weighted by molar-refractivity contribution is 0.730. The van der Waals surface area contributed by atoms with E-state index >= 15 is 0 Å². The van der Waals surface area contributed by atoms with E-state index in [0.29, 0.717) is 5.92 Å². The number of hydrogen-bond donors (Lipinski definition) is 1. The number of hydrogen-bond acceptors (Lipinski definition) is 1.